The molecule has 0 saturated heterocycles. The maximum Gasteiger partial charge on any atom is 0.325 e. The summed E-state index contributed by atoms with van der Waals surface area (Å²) in [6.45, 7) is 1.80. The summed E-state index contributed by atoms with van der Waals surface area (Å²) in [4.78, 5) is 39.1. The topological polar surface area (TPSA) is 104 Å². The molecule has 1 amide bonds. The monoisotopic (exact) mass is 385 g/mol. The summed E-state index contributed by atoms with van der Waals surface area (Å²) in [6, 6.07) is 11.0. The minimum Gasteiger partial charge on any atom is -0.468 e. The molecule has 9 heteroatoms. The normalized spacial score (nSPS) is 11.6. The summed E-state index contributed by atoms with van der Waals surface area (Å²) < 4.78 is 7.23. The van der Waals surface area contributed by atoms with Gasteiger partial charge in [-0.25, -0.2) is 0 Å². The molecule has 0 aliphatic rings. The van der Waals surface area contributed by atoms with E-state index in [9.17, 15) is 19.7 Å². The van der Waals surface area contributed by atoms with Crippen LogP contribution >= 0.6 is 11.3 Å². The molecule has 0 spiro atoms. The number of benzene rings is 2. The molecule has 0 saturated carbocycles. The molecule has 0 atom stereocenters. The molecule has 0 unspecified atom stereocenters. The number of esters is 1. The molecule has 0 bridgehead atoms. The number of amides is 1. The summed E-state index contributed by atoms with van der Waals surface area (Å²) >= 11 is 1.26. The first kappa shape index (κ1) is 18.5. The van der Waals surface area contributed by atoms with Crippen LogP contribution in [0.2, 0.25) is 0 Å². The number of methoxy groups -OCH3 is 1. The molecule has 1 aromatic heterocycles. The predicted molar refractivity (Wildman–Crippen MR) is 99.6 cm³/mol. The van der Waals surface area contributed by atoms with E-state index in [1.54, 1.807) is 4.57 Å². The Morgan fingerprint density at radius 3 is 2.70 bits per heavy atom. The first-order valence-electron chi connectivity index (χ1n) is 7.90. The largest absolute Gasteiger partial charge is 0.468 e. The molecule has 0 aliphatic heterocycles. The van der Waals surface area contributed by atoms with Crippen LogP contribution in [0.1, 0.15) is 15.9 Å². The number of aryl methyl sites for hydroxylation is 1. The molecular formula is C18H15N3O5S. The number of nitro benzene ring substituents is 1. The fourth-order valence-corrected chi connectivity index (χ4v) is 3.74. The molecule has 0 N–H and O–H groups in total. The number of hydrogen-bond acceptors (Lipinski definition) is 6. The zero-order valence-electron chi connectivity index (χ0n) is 14.5. The predicted octanol–water partition coefficient (Wildman–Crippen LogP) is 2.83. The van der Waals surface area contributed by atoms with Crippen LogP contribution in [0.15, 0.2) is 47.5 Å². The molecule has 8 nitrogen and oxygen atoms in total. The maximum atomic E-state index is 12.5. The summed E-state index contributed by atoms with van der Waals surface area (Å²) in [7, 11) is 1.29. The molecule has 3 rings (SSSR count). The van der Waals surface area contributed by atoms with Crippen molar-refractivity contribution in [3.05, 3.63) is 68.5 Å². The fourth-order valence-electron chi connectivity index (χ4n) is 2.64. The van der Waals surface area contributed by atoms with Crippen molar-refractivity contribution in [3.8, 4) is 0 Å². The second-order valence-electron chi connectivity index (χ2n) is 5.69. The number of para-hydroxylation sites is 1. The van der Waals surface area contributed by atoms with Crippen LogP contribution in [0.5, 0.6) is 0 Å². The third-order valence-electron chi connectivity index (χ3n) is 3.92. The van der Waals surface area contributed by atoms with Gasteiger partial charge in [-0.15, -0.1) is 0 Å². The van der Waals surface area contributed by atoms with E-state index in [4.69, 9.17) is 4.74 Å². The van der Waals surface area contributed by atoms with E-state index in [1.807, 2.05) is 25.1 Å². The number of ether oxygens (including phenoxy) is 1. The highest BCUT2D eigenvalue weighted by atomic mass is 32.1. The Morgan fingerprint density at radius 2 is 2.00 bits per heavy atom. The van der Waals surface area contributed by atoms with Crippen molar-refractivity contribution < 1.29 is 19.2 Å². The minimum atomic E-state index is -0.624. The second kappa shape index (κ2) is 7.50. The third kappa shape index (κ3) is 3.77. The number of nitrogens with zero attached hydrogens (tertiary/aromatic N) is 3. The van der Waals surface area contributed by atoms with Crippen LogP contribution in [0, 0.1) is 17.0 Å². The van der Waals surface area contributed by atoms with Gasteiger partial charge in [-0.05, 0) is 24.6 Å². The van der Waals surface area contributed by atoms with Crippen LogP contribution in [0.3, 0.4) is 0 Å². The van der Waals surface area contributed by atoms with E-state index in [2.05, 4.69) is 4.99 Å². The lowest BCUT2D eigenvalue weighted by Gasteiger charge is -2.05. The lowest BCUT2D eigenvalue weighted by Crippen LogP contribution is -2.22. The summed E-state index contributed by atoms with van der Waals surface area (Å²) in [6.07, 6.45) is 0. The molecule has 3 aromatic rings. The van der Waals surface area contributed by atoms with Gasteiger partial charge in [-0.3, -0.25) is 19.7 Å². The summed E-state index contributed by atoms with van der Waals surface area (Å²) in [5, 5.41) is 10.9. The second-order valence-corrected chi connectivity index (χ2v) is 6.70. The Bertz CT molecular complexity index is 1130. The number of thiazole rings is 1. The highest BCUT2D eigenvalue weighted by Crippen LogP contribution is 2.21. The minimum absolute atomic E-state index is 0.0948. The first-order valence-corrected chi connectivity index (χ1v) is 8.71. The maximum absolute atomic E-state index is 12.5. The van der Waals surface area contributed by atoms with Gasteiger partial charge in [0.25, 0.3) is 11.6 Å². The smallest absolute Gasteiger partial charge is 0.325 e. The van der Waals surface area contributed by atoms with E-state index >= 15 is 0 Å². The third-order valence-corrected chi connectivity index (χ3v) is 4.96. The quantitative estimate of drug-likeness (QED) is 0.390. The molecule has 0 radical (unpaired) electrons. The Kier molecular flexibility index (Phi) is 5.13. The highest BCUT2D eigenvalue weighted by molar-refractivity contribution is 7.16. The van der Waals surface area contributed by atoms with E-state index < -0.39 is 16.8 Å². The standard InChI is InChI=1S/C18H15N3O5S/c1-11-5-3-8-14-16(11)20(10-15(22)26-2)18(27-14)19-17(23)12-6-4-7-13(9-12)21(24)25/h3-9H,10H2,1-2H3. The number of nitro groups is 1. The van der Waals surface area contributed by atoms with Crippen LogP contribution < -0.4 is 4.80 Å². The van der Waals surface area contributed by atoms with Crippen molar-refractivity contribution >= 4 is 39.1 Å². The van der Waals surface area contributed by atoms with Gasteiger partial charge in [0.1, 0.15) is 6.54 Å². The number of carbonyl (C=O) groups is 2. The van der Waals surface area contributed by atoms with Crippen molar-refractivity contribution in [1.29, 1.82) is 0 Å². The van der Waals surface area contributed by atoms with Crippen LogP contribution in [-0.4, -0.2) is 28.5 Å². The zero-order chi connectivity index (χ0) is 19.6. The number of aromatic nitrogens is 1. The van der Waals surface area contributed by atoms with E-state index in [1.165, 1.54) is 42.7 Å². The van der Waals surface area contributed by atoms with E-state index in [-0.39, 0.29) is 17.8 Å². The number of hydrogen-bond donors (Lipinski definition) is 0. The number of carbonyl (C=O) groups excluding carboxylic acids is 2. The van der Waals surface area contributed by atoms with Crippen LogP contribution in [-0.2, 0) is 16.1 Å². The van der Waals surface area contributed by atoms with Gasteiger partial charge in [-0.2, -0.15) is 4.99 Å². The summed E-state index contributed by atoms with van der Waals surface area (Å²) in [5.74, 6) is -1.09. The number of fused-ring (bicyclic) bond motifs is 1. The average Bonchev–Trinajstić information content (AvgIpc) is 3.00. The lowest BCUT2D eigenvalue weighted by molar-refractivity contribution is -0.384. The van der Waals surface area contributed by atoms with Crippen molar-refractivity contribution in [2.75, 3.05) is 7.11 Å². The fraction of sp³-hybridized carbons (Fsp3) is 0.167. The van der Waals surface area contributed by atoms with Gasteiger partial charge in [0.2, 0.25) is 0 Å². The van der Waals surface area contributed by atoms with Gasteiger partial charge in [0.05, 0.1) is 22.2 Å². The van der Waals surface area contributed by atoms with Crippen LogP contribution in [0.25, 0.3) is 10.2 Å². The van der Waals surface area contributed by atoms with Crippen LogP contribution in [0.4, 0.5) is 5.69 Å². The van der Waals surface area contributed by atoms with Gasteiger partial charge >= 0.3 is 5.97 Å². The van der Waals surface area contributed by atoms with Gasteiger partial charge in [0, 0.05) is 17.7 Å². The number of non-ortho nitro benzene ring substituents is 1. The molecule has 0 fully saturated rings. The molecule has 0 aliphatic carbocycles. The Labute approximate surface area is 157 Å². The molecule has 1 heterocycles. The van der Waals surface area contributed by atoms with Crippen molar-refractivity contribution in [1.82, 2.24) is 4.57 Å². The molecule has 27 heavy (non-hydrogen) atoms. The van der Waals surface area contributed by atoms with Gasteiger partial charge in [-0.1, -0.05) is 29.5 Å². The molecular weight excluding hydrogens is 370 g/mol. The van der Waals surface area contributed by atoms with E-state index in [0.717, 1.165) is 15.8 Å². The summed E-state index contributed by atoms with van der Waals surface area (Å²) in [5.41, 5.74) is 1.63. The molecule has 138 valence electrons. The van der Waals surface area contributed by atoms with Gasteiger partial charge in [0.15, 0.2) is 4.80 Å². The van der Waals surface area contributed by atoms with Gasteiger partial charge < -0.3 is 9.30 Å². The Balaban J connectivity index is 2.15. The first-order chi connectivity index (χ1) is 12.9. The van der Waals surface area contributed by atoms with Crippen molar-refractivity contribution in [2.24, 2.45) is 4.99 Å². The van der Waals surface area contributed by atoms with Crippen molar-refractivity contribution in [2.45, 2.75) is 13.5 Å². The lowest BCUT2D eigenvalue weighted by atomic mass is 10.2. The number of rotatable bonds is 4. The Hall–Kier alpha value is -3.33. The highest BCUT2D eigenvalue weighted by Gasteiger charge is 2.15. The molecule has 2 aromatic carbocycles. The van der Waals surface area contributed by atoms with Crippen molar-refractivity contribution in [3.63, 3.8) is 0 Å². The average molecular weight is 385 g/mol. The zero-order valence-corrected chi connectivity index (χ0v) is 15.4. The SMILES string of the molecule is COC(=O)Cn1c(=NC(=O)c2cccc([N+](=O)[O-])c2)sc2cccc(C)c21. The Morgan fingerprint density at radius 1 is 1.26 bits per heavy atom. The van der Waals surface area contributed by atoms with E-state index in [0.29, 0.717) is 4.80 Å².